The van der Waals surface area contributed by atoms with E-state index in [1.54, 1.807) is 0 Å². The molecular formula is C18H17ClF2. The Kier molecular flexibility index (Phi) is 4.25. The first-order valence-electron chi connectivity index (χ1n) is 7.30. The SMILES string of the molecule is Fc1cc(F)cc(CC2CCCc3ccccc3C2Cl)c1. The number of benzene rings is 2. The van der Waals surface area contributed by atoms with E-state index in [-0.39, 0.29) is 11.3 Å². The van der Waals surface area contributed by atoms with Crippen LogP contribution in [0.3, 0.4) is 0 Å². The number of hydrogen-bond acceptors (Lipinski definition) is 0. The summed E-state index contributed by atoms with van der Waals surface area (Å²) in [6.07, 6.45) is 3.66. The smallest absolute Gasteiger partial charge is 0.126 e. The van der Waals surface area contributed by atoms with Crippen molar-refractivity contribution in [1.82, 2.24) is 0 Å². The van der Waals surface area contributed by atoms with Gasteiger partial charge in [0.2, 0.25) is 0 Å². The zero-order chi connectivity index (χ0) is 14.8. The lowest BCUT2D eigenvalue weighted by Crippen LogP contribution is -2.11. The van der Waals surface area contributed by atoms with Gasteiger partial charge in [-0.1, -0.05) is 24.3 Å². The molecule has 0 amide bonds. The maximum Gasteiger partial charge on any atom is 0.126 e. The number of alkyl halides is 1. The molecule has 0 spiro atoms. The minimum Gasteiger partial charge on any atom is -0.207 e. The van der Waals surface area contributed by atoms with Gasteiger partial charge in [0.15, 0.2) is 0 Å². The third-order valence-corrected chi connectivity index (χ3v) is 4.80. The van der Waals surface area contributed by atoms with E-state index in [2.05, 4.69) is 12.1 Å². The Morgan fingerprint density at radius 2 is 1.76 bits per heavy atom. The first-order valence-corrected chi connectivity index (χ1v) is 7.74. The fourth-order valence-corrected chi connectivity index (χ4v) is 3.65. The quantitative estimate of drug-likeness (QED) is 0.512. The molecule has 0 fully saturated rings. The topological polar surface area (TPSA) is 0 Å². The summed E-state index contributed by atoms with van der Waals surface area (Å²) in [5, 5.41) is -0.102. The van der Waals surface area contributed by atoms with E-state index in [4.69, 9.17) is 11.6 Å². The van der Waals surface area contributed by atoms with Crippen LogP contribution >= 0.6 is 11.6 Å². The van der Waals surface area contributed by atoms with Crippen molar-refractivity contribution < 1.29 is 8.78 Å². The van der Waals surface area contributed by atoms with Crippen molar-refractivity contribution in [2.75, 3.05) is 0 Å². The summed E-state index contributed by atoms with van der Waals surface area (Å²) in [6, 6.07) is 11.9. The molecular weight excluding hydrogens is 290 g/mol. The second-order valence-corrected chi connectivity index (χ2v) is 6.20. The molecule has 2 aromatic carbocycles. The van der Waals surface area contributed by atoms with Gasteiger partial charge in [0.1, 0.15) is 11.6 Å². The fraction of sp³-hybridized carbons (Fsp3) is 0.333. The molecule has 0 aliphatic heterocycles. The van der Waals surface area contributed by atoms with E-state index < -0.39 is 11.6 Å². The van der Waals surface area contributed by atoms with Gasteiger partial charge < -0.3 is 0 Å². The molecule has 110 valence electrons. The highest BCUT2D eigenvalue weighted by atomic mass is 35.5. The number of rotatable bonds is 2. The highest BCUT2D eigenvalue weighted by Crippen LogP contribution is 2.39. The van der Waals surface area contributed by atoms with Crippen LogP contribution in [0.4, 0.5) is 8.78 Å². The number of aryl methyl sites for hydroxylation is 1. The average Bonchev–Trinajstić information content (AvgIpc) is 2.59. The van der Waals surface area contributed by atoms with Gasteiger partial charge in [0, 0.05) is 6.07 Å². The Labute approximate surface area is 128 Å². The van der Waals surface area contributed by atoms with Crippen LogP contribution in [0.1, 0.15) is 34.9 Å². The first kappa shape index (κ1) is 14.5. The molecule has 0 N–H and O–H groups in total. The van der Waals surface area contributed by atoms with E-state index in [1.165, 1.54) is 23.3 Å². The van der Waals surface area contributed by atoms with Gasteiger partial charge in [-0.15, -0.1) is 11.6 Å². The molecule has 0 aromatic heterocycles. The van der Waals surface area contributed by atoms with Crippen molar-refractivity contribution in [2.45, 2.75) is 31.1 Å². The second-order valence-electron chi connectivity index (χ2n) is 5.73. The summed E-state index contributed by atoms with van der Waals surface area (Å²) in [7, 11) is 0. The van der Waals surface area contributed by atoms with Crippen molar-refractivity contribution in [3.05, 3.63) is 70.8 Å². The maximum atomic E-state index is 13.3. The number of hydrogen-bond donors (Lipinski definition) is 0. The van der Waals surface area contributed by atoms with Crippen LogP contribution in [0.25, 0.3) is 0 Å². The predicted molar refractivity (Wildman–Crippen MR) is 81.5 cm³/mol. The highest BCUT2D eigenvalue weighted by Gasteiger charge is 2.26. The molecule has 0 heterocycles. The lowest BCUT2D eigenvalue weighted by atomic mass is 9.90. The third kappa shape index (κ3) is 3.26. The molecule has 1 aliphatic carbocycles. The molecule has 1 aliphatic rings. The third-order valence-electron chi connectivity index (χ3n) is 4.21. The summed E-state index contributed by atoms with van der Waals surface area (Å²) in [5.41, 5.74) is 3.14. The monoisotopic (exact) mass is 306 g/mol. The van der Waals surface area contributed by atoms with Crippen LogP contribution < -0.4 is 0 Å². The lowest BCUT2D eigenvalue weighted by molar-refractivity contribution is 0.462. The van der Waals surface area contributed by atoms with Crippen LogP contribution in [0, 0.1) is 17.6 Å². The molecule has 2 aromatic rings. The molecule has 0 nitrogen and oxygen atoms in total. The lowest BCUT2D eigenvalue weighted by Gasteiger charge is -2.21. The first-order chi connectivity index (χ1) is 10.1. The Balaban J connectivity index is 1.85. The standard InChI is InChI=1S/C18H17ClF2/c19-18-14(8-12-9-15(20)11-16(21)10-12)6-3-5-13-4-1-2-7-17(13)18/h1-2,4,7,9-11,14,18H,3,5-6,8H2. The molecule has 0 saturated carbocycles. The summed E-state index contributed by atoms with van der Waals surface area (Å²) in [5.74, 6) is -0.841. The minimum atomic E-state index is -0.523. The van der Waals surface area contributed by atoms with Gasteiger partial charge in [-0.05, 0) is 60.4 Å². The number of fused-ring (bicyclic) bond motifs is 1. The van der Waals surface area contributed by atoms with Gasteiger partial charge in [0.05, 0.1) is 5.38 Å². The van der Waals surface area contributed by atoms with E-state index in [0.29, 0.717) is 12.0 Å². The largest absolute Gasteiger partial charge is 0.207 e. The Hall–Kier alpha value is -1.41. The second kappa shape index (κ2) is 6.15. The fourth-order valence-electron chi connectivity index (χ4n) is 3.22. The highest BCUT2D eigenvalue weighted by molar-refractivity contribution is 6.21. The average molecular weight is 307 g/mol. The van der Waals surface area contributed by atoms with Crippen molar-refractivity contribution in [3.63, 3.8) is 0 Å². The molecule has 3 heteroatoms. The Bertz CT molecular complexity index is 619. The summed E-state index contributed by atoms with van der Waals surface area (Å²) >= 11 is 6.66. The summed E-state index contributed by atoms with van der Waals surface area (Å²) in [6.45, 7) is 0. The van der Waals surface area contributed by atoms with Crippen molar-refractivity contribution in [2.24, 2.45) is 5.92 Å². The molecule has 0 bridgehead atoms. The molecule has 21 heavy (non-hydrogen) atoms. The Morgan fingerprint density at radius 1 is 1.05 bits per heavy atom. The van der Waals surface area contributed by atoms with E-state index in [9.17, 15) is 8.78 Å². The van der Waals surface area contributed by atoms with Gasteiger partial charge in [-0.25, -0.2) is 8.78 Å². The van der Waals surface area contributed by atoms with Gasteiger partial charge in [-0.2, -0.15) is 0 Å². The zero-order valence-corrected chi connectivity index (χ0v) is 12.4. The Morgan fingerprint density at radius 3 is 2.52 bits per heavy atom. The molecule has 2 atom stereocenters. The van der Waals surface area contributed by atoms with Gasteiger partial charge in [-0.3, -0.25) is 0 Å². The molecule has 3 rings (SSSR count). The normalized spacial score (nSPS) is 21.7. The van der Waals surface area contributed by atoms with E-state index >= 15 is 0 Å². The summed E-state index contributed by atoms with van der Waals surface area (Å²) in [4.78, 5) is 0. The van der Waals surface area contributed by atoms with Gasteiger partial charge in [0.25, 0.3) is 0 Å². The molecule has 0 radical (unpaired) electrons. The number of halogens is 3. The molecule has 0 saturated heterocycles. The van der Waals surface area contributed by atoms with E-state index in [0.717, 1.165) is 25.3 Å². The maximum absolute atomic E-state index is 13.3. The zero-order valence-electron chi connectivity index (χ0n) is 11.7. The van der Waals surface area contributed by atoms with Gasteiger partial charge >= 0.3 is 0 Å². The molecule has 2 unspecified atom stereocenters. The van der Waals surface area contributed by atoms with Crippen molar-refractivity contribution in [3.8, 4) is 0 Å². The van der Waals surface area contributed by atoms with E-state index in [1.807, 2.05) is 12.1 Å². The van der Waals surface area contributed by atoms with Crippen LogP contribution in [-0.2, 0) is 12.8 Å². The predicted octanol–water partition coefficient (Wildman–Crippen LogP) is 5.44. The minimum absolute atomic E-state index is 0.102. The van der Waals surface area contributed by atoms with Crippen molar-refractivity contribution >= 4 is 11.6 Å². The van der Waals surface area contributed by atoms with Crippen LogP contribution in [0.15, 0.2) is 42.5 Å². The van der Waals surface area contributed by atoms with Crippen molar-refractivity contribution in [1.29, 1.82) is 0 Å². The van der Waals surface area contributed by atoms with Crippen LogP contribution in [0.2, 0.25) is 0 Å². The summed E-state index contributed by atoms with van der Waals surface area (Å²) < 4.78 is 26.7. The van der Waals surface area contributed by atoms with Crippen LogP contribution in [-0.4, -0.2) is 0 Å². The van der Waals surface area contributed by atoms with Crippen LogP contribution in [0.5, 0.6) is 0 Å².